The van der Waals surface area contributed by atoms with E-state index in [1.807, 2.05) is 24.3 Å². The van der Waals surface area contributed by atoms with Gasteiger partial charge >= 0.3 is 7.12 Å². The van der Waals surface area contributed by atoms with E-state index in [4.69, 9.17) is 161 Å². The molecule has 6 aliphatic rings. The second kappa shape index (κ2) is 40.6. The summed E-state index contributed by atoms with van der Waals surface area (Å²) in [5, 5.41) is 24.6. The van der Waals surface area contributed by atoms with Crippen molar-refractivity contribution >= 4 is 191 Å². The Hall–Kier alpha value is -1.07. The number of rotatable bonds is 6. The Morgan fingerprint density at radius 1 is 0.449 bits per heavy atom. The third-order valence-electron chi connectivity index (χ3n) is 17.0. The molecule has 0 bridgehead atoms. The van der Waals surface area contributed by atoms with Crippen LogP contribution in [-0.4, -0.2) is 96.3 Å². The topological polar surface area (TPSA) is 266 Å². The number of anilines is 6. The normalized spacial score (nSPS) is 19.4. The Morgan fingerprint density at radius 3 is 1.11 bits per heavy atom. The van der Waals surface area contributed by atoms with Crippen molar-refractivity contribution < 1.29 is 108 Å². The molecule has 17 nitrogen and oxygen atoms in total. The predicted molar refractivity (Wildman–Crippen MR) is 401 cm³/mol. The van der Waals surface area contributed by atoms with Crippen LogP contribution in [0, 0.1) is 53.3 Å². The minimum atomic E-state index is -1.57. The molecule has 4 aromatic heterocycles. The van der Waals surface area contributed by atoms with Crippen LogP contribution in [-0.2, 0) is 98.1 Å². The van der Waals surface area contributed by atoms with Crippen LogP contribution < -0.4 is 43.5 Å². The summed E-state index contributed by atoms with van der Waals surface area (Å²) in [7, 11) is -1.57. The zero-order valence-electron chi connectivity index (χ0n) is 52.6. The fourth-order valence-electron chi connectivity index (χ4n) is 12.6. The number of aromatic nitrogens is 8. The minimum Gasteiger partial charge on any atom is -0.423 e. The first-order valence-electron chi connectivity index (χ1n) is 29.7. The monoisotopic (exact) mass is 1830 g/mol. The fourth-order valence-corrected chi connectivity index (χ4v) is 15.0. The average Bonchev–Trinajstić information content (AvgIpc) is 1.51. The molecular formula is C65H69BBrCl11N15O2Y3-3. The molecule has 0 spiro atoms. The van der Waals surface area contributed by atoms with E-state index in [-0.39, 0.29) is 143 Å². The summed E-state index contributed by atoms with van der Waals surface area (Å²) in [5.74, 6) is 12.9. The summed E-state index contributed by atoms with van der Waals surface area (Å²) in [6.07, 6.45) is 12.7. The summed E-state index contributed by atoms with van der Waals surface area (Å²) in [6, 6.07) is 20.8. The van der Waals surface area contributed by atoms with Gasteiger partial charge in [-0.05, 0) is 77.0 Å². The number of hydrogen-bond acceptors (Lipinski definition) is 17. The van der Waals surface area contributed by atoms with Crippen LogP contribution in [0.25, 0.3) is 33.8 Å². The molecule has 11 N–H and O–H groups in total. The number of fused-ring (bicyclic) bond motifs is 3. The fraction of sp³-hybridized carbons (Fsp3) is 0.338. The molecule has 3 aliphatic carbocycles. The van der Waals surface area contributed by atoms with Gasteiger partial charge in [0.15, 0.2) is 33.6 Å². The molecule has 33 heteroatoms. The van der Waals surface area contributed by atoms with E-state index in [2.05, 4.69) is 91.7 Å². The van der Waals surface area contributed by atoms with Gasteiger partial charge in [0.1, 0.15) is 38.5 Å². The van der Waals surface area contributed by atoms with Gasteiger partial charge in [-0.2, -0.15) is 59.3 Å². The summed E-state index contributed by atoms with van der Waals surface area (Å²) < 4.78 is 0.405. The van der Waals surface area contributed by atoms with Gasteiger partial charge in [-0.25, -0.2) is 39.9 Å². The largest absolute Gasteiger partial charge is 0.490 e. The third kappa shape index (κ3) is 22.7. The first kappa shape index (κ1) is 87.6. The number of hydrogen-bond donors (Lipinski definition) is 7. The molecule has 3 saturated carbocycles. The van der Waals surface area contributed by atoms with E-state index in [9.17, 15) is 0 Å². The van der Waals surface area contributed by atoms with E-state index >= 15 is 0 Å². The molecule has 6 atom stereocenters. The summed E-state index contributed by atoms with van der Waals surface area (Å²) in [5.41, 5.74) is 27.3. The van der Waals surface area contributed by atoms with Crippen molar-refractivity contribution in [2.75, 3.05) is 72.0 Å². The van der Waals surface area contributed by atoms with Gasteiger partial charge in [-0.1, -0.05) is 195 Å². The van der Waals surface area contributed by atoms with Crippen LogP contribution in [0.5, 0.6) is 0 Å². The summed E-state index contributed by atoms with van der Waals surface area (Å²) in [4.78, 5) is 38.2. The molecule has 4 aromatic carbocycles. The molecule has 0 amide bonds. The van der Waals surface area contributed by atoms with Gasteiger partial charge < -0.3 is 65.9 Å². The Labute approximate surface area is 712 Å². The quantitative estimate of drug-likeness (QED) is 0.0602. The van der Waals surface area contributed by atoms with Crippen LogP contribution in [0.4, 0.5) is 34.9 Å². The molecule has 3 saturated heterocycles. The van der Waals surface area contributed by atoms with Crippen LogP contribution in [0.15, 0.2) is 96.0 Å². The van der Waals surface area contributed by atoms with Crippen molar-refractivity contribution in [3.63, 3.8) is 0 Å². The second-order valence-electron chi connectivity index (χ2n) is 23.8. The van der Waals surface area contributed by atoms with Crippen LogP contribution >= 0.6 is 144 Å². The second-order valence-corrected chi connectivity index (χ2v) is 28.8. The van der Waals surface area contributed by atoms with Gasteiger partial charge in [0.2, 0.25) is 0 Å². The smallest absolute Gasteiger partial charge is 0.423 e. The molecule has 8 aromatic rings. The van der Waals surface area contributed by atoms with E-state index in [1.54, 1.807) is 72.6 Å². The standard InChI is InChI=1S/2C18H19Cl2N4.C10H6Cl3N3.C8H14N.C6H5BCl2O2.C4H2BrCl2N3.CH4.3Y/c2*1-10-5-11-8-24(9-12(11)6-10)15-7-22-17(18(21)23-15)13-3-2-4-14(19)16(13)20;11-6-3-1-2-5(8(6)13)9-10(14)16-7(12)4-15-9;1-6-2-7-4-9-5-8(7)3-6;8-5-3-1-2-4(6(5)9)7(10)11;5-1-4(8)10-3(7)2(6)9-1;;;;/h2*2-4,7,11-12H,5-6,8-9H2,1H3,(H2,21,23);1-4H,(H2,14,16);7-9H,2-5H2,1H3;1-3,10-11H;(H2,8,10);1H4;;;/q2*-1;;-1;;;;;;/t2*11-,12+;;;;;;;;. The molecule has 2 unspecified atom stereocenters. The maximum absolute atomic E-state index is 8.74. The Morgan fingerprint density at radius 2 is 0.776 bits per heavy atom. The van der Waals surface area contributed by atoms with E-state index < -0.39 is 7.12 Å². The van der Waals surface area contributed by atoms with Crippen LogP contribution in [0.2, 0.25) is 55.6 Å². The number of nitrogen functional groups attached to an aromatic ring is 4. The summed E-state index contributed by atoms with van der Waals surface area (Å²) in [6.45, 7) is 13.5. The maximum Gasteiger partial charge on any atom is 0.490 e. The first-order valence-corrected chi connectivity index (χ1v) is 34.6. The Bertz CT molecular complexity index is 3770. The van der Waals surface area contributed by atoms with Crippen LogP contribution in [0.1, 0.15) is 66.7 Å². The van der Waals surface area contributed by atoms with E-state index in [1.165, 1.54) is 63.9 Å². The number of nitrogens with one attached hydrogen (secondary N) is 1. The van der Waals surface area contributed by atoms with Gasteiger partial charge in [0, 0.05) is 146 Å². The van der Waals surface area contributed by atoms with Crippen molar-refractivity contribution in [1.82, 2.24) is 45.2 Å². The molecule has 3 radical (unpaired) electrons. The zero-order chi connectivity index (χ0) is 67.8. The first-order chi connectivity index (χ1) is 44.7. The molecule has 7 heterocycles. The zero-order valence-corrected chi connectivity index (χ0v) is 71.0. The Balaban J connectivity index is 0.000000219. The summed E-state index contributed by atoms with van der Waals surface area (Å²) >= 11 is 67.6. The van der Waals surface area contributed by atoms with Crippen molar-refractivity contribution in [3.05, 3.63) is 169 Å². The SMILES string of the molecule is C.C[C-]1CC2CNCC2C1.C[C-]1C[C@@H]2CN(c3cnc(-c4cccc(Cl)c4Cl)c(N)n3)C[C@@H]2C1.C[C-]1C[C@@H]2CN(c3cnc(-c4cccc(Cl)c4Cl)c(N)n3)C[C@@H]2C1.Nc1nc(Cl)c(Cl)nc1Br.Nc1nc(Cl)cnc1-c1cccc(Cl)c1Cl.OB(O)c1cccc(Cl)c1Cl.[Y].[Y].[Y]. The van der Waals surface area contributed by atoms with E-state index in [0.29, 0.717) is 85.2 Å². The minimum absolute atomic E-state index is 0. The Kier molecular flexibility index (Phi) is 36.3. The molecule has 98 heavy (non-hydrogen) atoms. The average molecular weight is 1840 g/mol. The number of benzene rings is 4. The van der Waals surface area contributed by atoms with Crippen LogP contribution in [0.3, 0.4) is 0 Å². The molecule has 6 fully saturated rings. The number of nitrogens with two attached hydrogens (primary N) is 4. The van der Waals surface area contributed by atoms with Crippen molar-refractivity contribution in [2.45, 2.75) is 66.7 Å². The van der Waals surface area contributed by atoms with Gasteiger partial charge in [0.05, 0.1) is 58.8 Å². The molecule has 515 valence electrons. The molecule has 14 rings (SSSR count). The van der Waals surface area contributed by atoms with Crippen molar-refractivity contribution in [3.8, 4) is 33.8 Å². The molecule has 3 aliphatic heterocycles. The molecular weight excluding hydrogens is 1770 g/mol. The van der Waals surface area contributed by atoms with Crippen molar-refractivity contribution in [1.29, 1.82) is 0 Å². The van der Waals surface area contributed by atoms with Gasteiger partial charge in [-0.3, -0.25) is 0 Å². The predicted octanol–water partition coefficient (Wildman–Crippen LogP) is 17.3. The van der Waals surface area contributed by atoms with Gasteiger partial charge in [-0.15, -0.1) is 0 Å². The number of nitrogens with zero attached hydrogens (tertiary/aromatic N) is 10. The van der Waals surface area contributed by atoms with Crippen molar-refractivity contribution in [2.24, 2.45) is 35.5 Å². The van der Waals surface area contributed by atoms with Gasteiger partial charge in [0.25, 0.3) is 0 Å². The number of halogens is 12. The van der Waals surface area contributed by atoms with E-state index in [0.717, 1.165) is 73.3 Å². The maximum atomic E-state index is 8.74. The third-order valence-corrected chi connectivity index (χ3v) is 21.6.